The zero-order chi connectivity index (χ0) is 19.6. The van der Waals surface area contributed by atoms with E-state index in [-0.39, 0.29) is 11.8 Å². The molecule has 27 heavy (non-hydrogen) atoms. The summed E-state index contributed by atoms with van der Waals surface area (Å²) >= 11 is 15.6. The minimum atomic E-state index is -0.135. The van der Waals surface area contributed by atoms with Gasteiger partial charge in [0.25, 0.3) is 0 Å². The lowest BCUT2D eigenvalue weighted by molar-refractivity contribution is -0.112. The van der Waals surface area contributed by atoms with Crippen molar-refractivity contribution < 1.29 is 9.59 Å². The molecule has 140 valence electrons. The van der Waals surface area contributed by atoms with E-state index in [1.807, 2.05) is 30.3 Å². The van der Waals surface area contributed by atoms with Crippen LogP contribution in [0.25, 0.3) is 0 Å². The number of nitrogens with zero attached hydrogens (tertiary/aromatic N) is 2. The number of urea groups is 1. The second-order valence-electron chi connectivity index (χ2n) is 6.35. The SMILES string of the molecule is CC(=O)/C=C1\CN(Cc2ccc(Cl)cc2Cl)C(=O)N(c2ccc(Br)cc2)C1. The van der Waals surface area contributed by atoms with Gasteiger partial charge in [-0.1, -0.05) is 45.2 Å². The molecule has 1 aliphatic heterocycles. The Hall–Kier alpha value is -1.82. The highest BCUT2D eigenvalue weighted by molar-refractivity contribution is 9.10. The Labute approximate surface area is 176 Å². The van der Waals surface area contributed by atoms with Crippen molar-refractivity contribution >= 4 is 56.6 Å². The van der Waals surface area contributed by atoms with Crippen LogP contribution in [0, 0.1) is 0 Å². The van der Waals surface area contributed by atoms with Crippen LogP contribution in [-0.4, -0.2) is 29.8 Å². The summed E-state index contributed by atoms with van der Waals surface area (Å²) in [5.74, 6) is -0.0421. The number of allylic oxidation sites excluding steroid dienone is 1. The Kier molecular flexibility index (Phi) is 6.25. The van der Waals surface area contributed by atoms with Gasteiger partial charge in [0.1, 0.15) is 0 Å². The number of benzene rings is 2. The molecule has 1 heterocycles. The molecule has 1 fully saturated rings. The minimum absolute atomic E-state index is 0.0421. The average molecular weight is 468 g/mol. The first-order chi connectivity index (χ1) is 12.8. The van der Waals surface area contributed by atoms with Gasteiger partial charge in [0.15, 0.2) is 5.78 Å². The van der Waals surface area contributed by atoms with Gasteiger partial charge in [0.05, 0.1) is 6.54 Å². The van der Waals surface area contributed by atoms with E-state index >= 15 is 0 Å². The maximum absolute atomic E-state index is 13.1. The molecule has 0 saturated carbocycles. The summed E-state index contributed by atoms with van der Waals surface area (Å²) in [6.45, 7) is 2.60. The lowest BCUT2D eigenvalue weighted by Gasteiger charge is -2.37. The van der Waals surface area contributed by atoms with Gasteiger partial charge in [-0.15, -0.1) is 0 Å². The number of hydrogen-bond acceptors (Lipinski definition) is 2. The number of ketones is 1. The lowest BCUT2D eigenvalue weighted by Crippen LogP contribution is -2.50. The maximum atomic E-state index is 13.1. The van der Waals surface area contributed by atoms with Crippen LogP contribution in [0.5, 0.6) is 0 Å². The molecule has 0 aliphatic carbocycles. The fraction of sp³-hybridized carbons (Fsp3) is 0.200. The predicted octanol–water partition coefficient (Wildman–Crippen LogP) is 5.71. The Morgan fingerprint density at radius 2 is 1.85 bits per heavy atom. The van der Waals surface area contributed by atoms with Crippen molar-refractivity contribution in [1.29, 1.82) is 0 Å². The Balaban J connectivity index is 1.92. The van der Waals surface area contributed by atoms with Crippen molar-refractivity contribution in [2.75, 3.05) is 18.0 Å². The number of halogens is 3. The van der Waals surface area contributed by atoms with Gasteiger partial charge < -0.3 is 4.90 Å². The molecular weight excluding hydrogens is 451 g/mol. The number of hydrogen-bond donors (Lipinski definition) is 0. The molecule has 7 heteroatoms. The van der Waals surface area contributed by atoms with Crippen LogP contribution in [-0.2, 0) is 11.3 Å². The quantitative estimate of drug-likeness (QED) is 0.540. The van der Waals surface area contributed by atoms with Gasteiger partial charge in [-0.3, -0.25) is 9.69 Å². The molecule has 0 aromatic heterocycles. The fourth-order valence-electron chi connectivity index (χ4n) is 2.98. The molecule has 0 radical (unpaired) electrons. The van der Waals surface area contributed by atoms with E-state index in [0.29, 0.717) is 29.7 Å². The van der Waals surface area contributed by atoms with E-state index in [2.05, 4.69) is 15.9 Å². The summed E-state index contributed by atoms with van der Waals surface area (Å²) in [4.78, 5) is 28.0. The predicted molar refractivity (Wildman–Crippen MR) is 113 cm³/mol. The maximum Gasteiger partial charge on any atom is 0.325 e. The van der Waals surface area contributed by atoms with Gasteiger partial charge in [-0.2, -0.15) is 0 Å². The molecule has 0 atom stereocenters. The smallest absolute Gasteiger partial charge is 0.316 e. The summed E-state index contributed by atoms with van der Waals surface area (Å²) < 4.78 is 0.931. The summed E-state index contributed by atoms with van der Waals surface area (Å²) in [6.07, 6.45) is 1.59. The highest BCUT2D eigenvalue weighted by Gasteiger charge is 2.30. The lowest BCUT2D eigenvalue weighted by atomic mass is 10.1. The molecule has 0 N–H and O–H groups in total. The monoisotopic (exact) mass is 466 g/mol. The van der Waals surface area contributed by atoms with Crippen molar-refractivity contribution in [3.63, 3.8) is 0 Å². The van der Waals surface area contributed by atoms with Crippen LogP contribution in [0.3, 0.4) is 0 Å². The van der Waals surface area contributed by atoms with Crippen LogP contribution in [0.4, 0.5) is 10.5 Å². The zero-order valence-electron chi connectivity index (χ0n) is 14.6. The standard InChI is InChI=1S/C20H17BrCl2N2O2/c1-13(26)8-14-10-24(12-15-2-5-17(22)9-19(15)23)20(27)25(11-14)18-6-3-16(21)4-7-18/h2-9H,10-12H2,1H3/b14-8+. The topological polar surface area (TPSA) is 40.6 Å². The van der Waals surface area contributed by atoms with Crippen molar-refractivity contribution in [1.82, 2.24) is 4.90 Å². The summed E-state index contributed by atoms with van der Waals surface area (Å²) in [7, 11) is 0. The van der Waals surface area contributed by atoms with Gasteiger partial charge in [0, 0.05) is 33.3 Å². The highest BCUT2D eigenvalue weighted by Crippen LogP contribution is 2.27. The minimum Gasteiger partial charge on any atom is -0.316 e. The number of anilines is 1. The summed E-state index contributed by atoms with van der Waals surface area (Å²) in [5.41, 5.74) is 2.44. The third-order valence-electron chi connectivity index (χ3n) is 4.18. The number of carbonyl (C=O) groups excluding carboxylic acids is 2. The van der Waals surface area contributed by atoms with E-state index in [9.17, 15) is 9.59 Å². The third-order valence-corrected chi connectivity index (χ3v) is 5.29. The molecule has 4 nitrogen and oxygen atoms in total. The fourth-order valence-corrected chi connectivity index (χ4v) is 3.72. The first-order valence-corrected chi connectivity index (χ1v) is 9.84. The molecule has 0 bridgehead atoms. The van der Waals surface area contributed by atoms with Crippen LogP contribution in [0.15, 0.2) is 58.6 Å². The second kappa shape index (κ2) is 8.46. The first-order valence-electron chi connectivity index (χ1n) is 8.29. The molecular formula is C20H17BrCl2N2O2. The van der Waals surface area contributed by atoms with E-state index < -0.39 is 0 Å². The summed E-state index contributed by atoms with van der Waals surface area (Å²) in [5, 5.41) is 1.05. The third kappa shape index (κ3) is 4.92. The van der Waals surface area contributed by atoms with Gasteiger partial charge >= 0.3 is 6.03 Å². The van der Waals surface area contributed by atoms with Crippen molar-refractivity contribution in [3.8, 4) is 0 Å². The molecule has 2 amide bonds. The Morgan fingerprint density at radius 3 is 2.48 bits per heavy atom. The van der Waals surface area contributed by atoms with E-state index in [1.165, 1.54) is 6.92 Å². The van der Waals surface area contributed by atoms with Crippen molar-refractivity contribution in [2.45, 2.75) is 13.5 Å². The average Bonchev–Trinajstić information content (AvgIpc) is 2.60. The molecule has 1 aliphatic rings. The Bertz CT molecular complexity index is 913. The Morgan fingerprint density at radius 1 is 1.15 bits per heavy atom. The highest BCUT2D eigenvalue weighted by atomic mass is 79.9. The number of carbonyl (C=O) groups is 2. The second-order valence-corrected chi connectivity index (χ2v) is 8.11. The zero-order valence-corrected chi connectivity index (χ0v) is 17.7. The van der Waals surface area contributed by atoms with Crippen LogP contribution in [0.1, 0.15) is 12.5 Å². The van der Waals surface area contributed by atoms with E-state index in [4.69, 9.17) is 23.2 Å². The molecule has 2 aromatic carbocycles. The number of amides is 2. The van der Waals surface area contributed by atoms with Crippen LogP contribution < -0.4 is 4.90 Å². The van der Waals surface area contributed by atoms with Gasteiger partial charge in [-0.25, -0.2) is 4.79 Å². The van der Waals surface area contributed by atoms with Crippen molar-refractivity contribution in [3.05, 3.63) is 74.2 Å². The molecule has 1 saturated heterocycles. The molecule has 0 unspecified atom stereocenters. The molecule has 3 rings (SSSR count). The van der Waals surface area contributed by atoms with Crippen LogP contribution in [0.2, 0.25) is 10.0 Å². The summed E-state index contributed by atoms with van der Waals surface area (Å²) in [6, 6.07) is 12.6. The molecule has 0 spiro atoms. The van der Waals surface area contributed by atoms with Gasteiger partial charge in [-0.05, 0) is 60.5 Å². The number of rotatable bonds is 4. The van der Waals surface area contributed by atoms with E-state index in [0.717, 1.165) is 21.3 Å². The first kappa shape index (κ1) is 19.9. The largest absolute Gasteiger partial charge is 0.325 e. The van der Waals surface area contributed by atoms with Crippen molar-refractivity contribution in [2.24, 2.45) is 0 Å². The normalized spacial score (nSPS) is 16.1. The van der Waals surface area contributed by atoms with E-state index in [1.54, 1.807) is 28.0 Å². The van der Waals surface area contributed by atoms with Crippen LogP contribution >= 0.6 is 39.1 Å². The van der Waals surface area contributed by atoms with Gasteiger partial charge in [0.2, 0.25) is 0 Å². The molecule has 2 aromatic rings.